The topological polar surface area (TPSA) is 69.5 Å². The first-order valence-electron chi connectivity index (χ1n) is 7.72. The maximum absolute atomic E-state index is 9.99. The van der Waals surface area contributed by atoms with Crippen molar-refractivity contribution in [3.63, 3.8) is 0 Å². The molecule has 1 atom stereocenters. The van der Waals surface area contributed by atoms with Crippen LogP contribution in [0.25, 0.3) is 0 Å². The third-order valence-corrected chi connectivity index (χ3v) is 4.28. The van der Waals surface area contributed by atoms with Crippen LogP contribution in [0.1, 0.15) is 42.5 Å². The van der Waals surface area contributed by atoms with Gasteiger partial charge in [0, 0.05) is 6.54 Å². The quantitative estimate of drug-likeness (QED) is 0.911. The summed E-state index contributed by atoms with van der Waals surface area (Å²) in [6.45, 7) is 4.74. The lowest BCUT2D eigenvalue weighted by Gasteiger charge is -2.25. The molecule has 0 spiro atoms. The van der Waals surface area contributed by atoms with Gasteiger partial charge in [0.15, 0.2) is 0 Å². The fraction of sp³-hybridized carbons (Fsp3) is 0.412. The van der Waals surface area contributed by atoms with Gasteiger partial charge in [-0.05, 0) is 31.7 Å². The van der Waals surface area contributed by atoms with Crippen LogP contribution in [0.5, 0.6) is 11.8 Å². The molecule has 0 unspecified atom stereocenters. The molecule has 3 rings (SSSR count). The van der Waals surface area contributed by atoms with Gasteiger partial charge in [0.2, 0.25) is 17.7 Å². The van der Waals surface area contributed by atoms with Crippen molar-refractivity contribution in [2.75, 3.05) is 11.4 Å². The van der Waals surface area contributed by atoms with Crippen LogP contribution in [0, 0.1) is 6.92 Å². The van der Waals surface area contributed by atoms with Crippen LogP contribution < -0.4 is 4.90 Å². The van der Waals surface area contributed by atoms with Crippen LogP contribution in [-0.2, 0) is 6.42 Å². The molecule has 2 aromatic rings. The first-order chi connectivity index (χ1) is 10.6. The van der Waals surface area contributed by atoms with Crippen molar-refractivity contribution in [3.05, 3.63) is 41.0 Å². The van der Waals surface area contributed by atoms with Gasteiger partial charge in [0.25, 0.3) is 0 Å². The van der Waals surface area contributed by atoms with E-state index in [9.17, 15) is 10.2 Å². The molecule has 1 aliphatic rings. The highest BCUT2D eigenvalue weighted by Crippen LogP contribution is 2.36. The minimum Gasteiger partial charge on any atom is -0.493 e. The molecule has 0 bridgehead atoms. The second-order valence-electron chi connectivity index (χ2n) is 5.77. The Kier molecular flexibility index (Phi) is 3.88. The third-order valence-electron chi connectivity index (χ3n) is 4.28. The zero-order valence-electron chi connectivity index (χ0n) is 13.0. The molecule has 0 radical (unpaired) electrons. The summed E-state index contributed by atoms with van der Waals surface area (Å²) >= 11 is 0. The Bertz CT molecular complexity index is 647. The Morgan fingerprint density at radius 2 is 1.77 bits per heavy atom. The molecule has 1 fully saturated rings. The van der Waals surface area contributed by atoms with E-state index in [0.29, 0.717) is 17.9 Å². The summed E-state index contributed by atoms with van der Waals surface area (Å²) in [5, 5.41) is 20.0. The zero-order valence-corrected chi connectivity index (χ0v) is 13.0. The standard InChI is InChI=1S/C17H21N3O2/c1-3-13-15(21)18-17(19-16(13)22)20-10-4-5-14(20)12-8-6-11(2)7-9-12/h6-9,14H,3-5,10H2,1-2H3,(H2,18,19,21,22)/t14-/m0/s1. The molecule has 2 N–H and O–H groups in total. The van der Waals surface area contributed by atoms with Crippen LogP contribution >= 0.6 is 0 Å². The predicted molar refractivity (Wildman–Crippen MR) is 85.2 cm³/mol. The number of rotatable bonds is 3. The van der Waals surface area contributed by atoms with E-state index < -0.39 is 0 Å². The highest BCUT2D eigenvalue weighted by Gasteiger charge is 2.29. The number of aryl methyl sites for hydroxylation is 1. The van der Waals surface area contributed by atoms with Crippen molar-refractivity contribution >= 4 is 5.95 Å². The number of aromatic nitrogens is 2. The summed E-state index contributed by atoms with van der Waals surface area (Å²) in [6, 6.07) is 8.63. The van der Waals surface area contributed by atoms with Crippen molar-refractivity contribution in [2.45, 2.75) is 39.2 Å². The fourth-order valence-corrected chi connectivity index (χ4v) is 3.04. The van der Waals surface area contributed by atoms with Crippen molar-refractivity contribution in [1.82, 2.24) is 9.97 Å². The second-order valence-corrected chi connectivity index (χ2v) is 5.77. The second kappa shape index (κ2) is 5.83. The lowest BCUT2D eigenvalue weighted by Crippen LogP contribution is -2.24. The summed E-state index contributed by atoms with van der Waals surface area (Å²) < 4.78 is 0. The van der Waals surface area contributed by atoms with Crippen molar-refractivity contribution in [1.29, 1.82) is 0 Å². The molecule has 2 heterocycles. The van der Waals surface area contributed by atoms with E-state index in [1.807, 2.05) is 6.92 Å². The molecule has 5 heteroatoms. The zero-order chi connectivity index (χ0) is 15.7. The van der Waals surface area contributed by atoms with Crippen molar-refractivity contribution in [2.24, 2.45) is 0 Å². The Morgan fingerprint density at radius 1 is 1.14 bits per heavy atom. The van der Waals surface area contributed by atoms with E-state index in [0.717, 1.165) is 19.4 Å². The molecule has 1 aliphatic heterocycles. The predicted octanol–water partition coefficient (Wildman–Crippen LogP) is 3.10. The molecule has 0 saturated carbocycles. The highest BCUT2D eigenvalue weighted by molar-refractivity contribution is 5.45. The van der Waals surface area contributed by atoms with Gasteiger partial charge in [-0.3, -0.25) is 0 Å². The molecular weight excluding hydrogens is 278 g/mol. The van der Waals surface area contributed by atoms with Gasteiger partial charge in [-0.1, -0.05) is 36.8 Å². The average Bonchev–Trinajstić information content (AvgIpc) is 2.97. The van der Waals surface area contributed by atoms with Crippen LogP contribution in [0.15, 0.2) is 24.3 Å². The van der Waals surface area contributed by atoms with Gasteiger partial charge in [-0.15, -0.1) is 0 Å². The molecular formula is C17H21N3O2. The van der Waals surface area contributed by atoms with Crippen molar-refractivity contribution < 1.29 is 10.2 Å². The highest BCUT2D eigenvalue weighted by atomic mass is 16.3. The molecule has 5 nitrogen and oxygen atoms in total. The van der Waals surface area contributed by atoms with Crippen LogP contribution in [0.3, 0.4) is 0 Å². The minimum atomic E-state index is -0.125. The minimum absolute atomic E-state index is 0.125. The number of aromatic hydroxyl groups is 2. The molecule has 0 aliphatic carbocycles. The molecule has 116 valence electrons. The smallest absolute Gasteiger partial charge is 0.232 e. The number of hydrogen-bond acceptors (Lipinski definition) is 5. The van der Waals surface area contributed by atoms with Crippen LogP contribution in [0.2, 0.25) is 0 Å². The van der Waals surface area contributed by atoms with Gasteiger partial charge in [-0.2, -0.15) is 9.97 Å². The Hall–Kier alpha value is -2.30. The van der Waals surface area contributed by atoms with E-state index in [1.165, 1.54) is 11.1 Å². The summed E-state index contributed by atoms with van der Waals surface area (Å²) in [4.78, 5) is 10.4. The van der Waals surface area contributed by atoms with E-state index in [-0.39, 0.29) is 17.8 Å². The third kappa shape index (κ3) is 2.58. The van der Waals surface area contributed by atoms with Crippen LogP contribution in [0.4, 0.5) is 5.95 Å². The average molecular weight is 299 g/mol. The monoisotopic (exact) mass is 299 g/mol. The SMILES string of the molecule is CCc1c(O)nc(N2CCC[C@H]2c2ccc(C)cc2)nc1O. The van der Waals surface area contributed by atoms with E-state index >= 15 is 0 Å². The van der Waals surface area contributed by atoms with Gasteiger partial charge < -0.3 is 15.1 Å². The van der Waals surface area contributed by atoms with Crippen molar-refractivity contribution in [3.8, 4) is 11.8 Å². The maximum atomic E-state index is 9.99. The normalized spacial score (nSPS) is 17.9. The summed E-state index contributed by atoms with van der Waals surface area (Å²) in [5.74, 6) is 0.148. The largest absolute Gasteiger partial charge is 0.493 e. The molecule has 1 aromatic carbocycles. The van der Waals surface area contributed by atoms with Crippen LogP contribution in [-0.4, -0.2) is 26.7 Å². The van der Waals surface area contributed by atoms with Gasteiger partial charge in [-0.25, -0.2) is 0 Å². The lowest BCUT2D eigenvalue weighted by molar-refractivity contribution is 0.409. The number of benzene rings is 1. The molecule has 22 heavy (non-hydrogen) atoms. The van der Waals surface area contributed by atoms with Gasteiger partial charge >= 0.3 is 0 Å². The fourth-order valence-electron chi connectivity index (χ4n) is 3.04. The first-order valence-corrected chi connectivity index (χ1v) is 7.72. The lowest BCUT2D eigenvalue weighted by atomic mass is 10.0. The number of hydrogen-bond donors (Lipinski definition) is 2. The Labute approximate surface area is 130 Å². The first kappa shape index (κ1) is 14.6. The molecule has 1 aromatic heterocycles. The van der Waals surface area contributed by atoms with E-state index in [1.54, 1.807) is 0 Å². The van der Waals surface area contributed by atoms with E-state index in [2.05, 4.69) is 46.1 Å². The number of nitrogens with zero attached hydrogens (tertiary/aromatic N) is 3. The Morgan fingerprint density at radius 3 is 2.36 bits per heavy atom. The molecule has 0 amide bonds. The summed E-state index contributed by atoms with van der Waals surface area (Å²) in [7, 11) is 0. The summed E-state index contributed by atoms with van der Waals surface area (Å²) in [6.07, 6.45) is 2.56. The van der Waals surface area contributed by atoms with Gasteiger partial charge in [0.1, 0.15) is 0 Å². The summed E-state index contributed by atoms with van der Waals surface area (Å²) in [5.41, 5.74) is 2.84. The molecule has 1 saturated heterocycles. The van der Waals surface area contributed by atoms with Gasteiger partial charge in [0.05, 0.1) is 11.6 Å². The Balaban J connectivity index is 1.95. The van der Waals surface area contributed by atoms with E-state index in [4.69, 9.17) is 0 Å². The number of anilines is 1. The maximum Gasteiger partial charge on any atom is 0.232 e.